The van der Waals surface area contributed by atoms with Gasteiger partial charge in [-0.15, -0.1) is 0 Å². The molecule has 8 heteroatoms. The van der Waals surface area contributed by atoms with E-state index in [1.807, 2.05) is 0 Å². The number of aromatic nitrogens is 2. The maximum absolute atomic E-state index is 11.8. The first kappa shape index (κ1) is 12.4. The van der Waals surface area contributed by atoms with Crippen molar-refractivity contribution in [3.63, 3.8) is 0 Å². The number of thioether (sulfide) groups is 1. The number of carbonyl (C=O) groups is 2. The van der Waals surface area contributed by atoms with E-state index in [9.17, 15) is 9.59 Å². The molecule has 19 heavy (non-hydrogen) atoms. The third-order valence-corrected chi connectivity index (χ3v) is 4.16. The van der Waals surface area contributed by atoms with Crippen LogP contribution >= 0.6 is 11.8 Å². The molecule has 0 aromatic carbocycles. The maximum atomic E-state index is 11.8. The van der Waals surface area contributed by atoms with Crippen LogP contribution in [0.15, 0.2) is 11.2 Å². The molecular formula is C11H13N5O2S. The van der Waals surface area contributed by atoms with Crippen LogP contribution in [-0.2, 0) is 9.59 Å². The van der Waals surface area contributed by atoms with Crippen LogP contribution in [0.5, 0.6) is 0 Å². The second kappa shape index (κ2) is 4.78. The molecule has 1 unspecified atom stereocenters. The molecule has 0 aliphatic carbocycles. The Kier molecular flexibility index (Phi) is 3.11. The van der Waals surface area contributed by atoms with E-state index in [1.165, 1.54) is 11.8 Å². The van der Waals surface area contributed by atoms with E-state index in [0.29, 0.717) is 35.3 Å². The predicted molar refractivity (Wildman–Crippen MR) is 69.7 cm³/mol. The summed E-state index contributed by atoms with van der Waals surface area (Å²) < 4.78 is 0. The highest BCUT2D eigenvalue weighted by Gasteiger charge is 2.34. The molecule has 100 valence electrons. The van der Waals surface area contributed by atoms with Gasteiger partial charge in [-0.1, -0.05) is 11.8 Å². The van der Waals surface area contributed by atoms with Gasteiger partial charge in [0.1, 0.15) is 5.03 Å². The van der Waals surface area contributed by atoms with E-state index in [0.717, 1.165) is 0 Å². The molecule has 1 aromatic rings. The van der Waals surface area contributed by atoms with Crippen LogP contribution in [0, 0.1) is 0 Å². The number of hydrogen-bond donors (Lipinski definition) is 3. The van der Waals surface area contributed by atoms with E-state index < -0.39 is 0 Å². The summed E-state index contributed by atoms with van der Waals surface area (Å²) in [6, 6.07) is -0.0145. The zero-order valence-corrected chi connectivity index (χ0v) is 10.9. The lowest BCUT2D eigenvalue weighted by Gasteiger charge is -2.16. The van der Waals surface area contributed by atoms with Gasteiger partial charge in [0.15, 0.2) is 5.82 Å². The van der Waals surface area contributed by atoms with Gasteiger partial charge in [-0.2, -0.15) is 0 Å². The first-order valence-corrected chi connectivity index (χ1v) is 6.96. The zero-order chi connectivity index (χ0) is 13.4. The van der Waals surface area contributed by atoms with Crippen molar-refractivity contribution in [2.75, 3.05) is 17.6 Å². The lowest BCUT2D eigenvalue weighted by molar-refractivity contribution is -0.120. The third kappa shape index (κ3) is 2.28. The van der Waals surface area contributed by atoms with Crippen molar-refractivity contribution >= 4 is 29.4 Å². The lowest BCUT2D eigenvalue weighted by atomic mass is 10.0. The largest absolute Gasteiger partial charge is 0.351 e. The summed E-state index contributed by atoms with van der Waals surface area (Å²) in [6.07, 6.45) is 2.22. The summed E-state index contributed by atoms with van der Waals surface area (Å²) in [6.45, 7) is 0.410. The van der Waals surface area contributed by atoms with Gasteiger partial charge in [0.2, 0.25) is 11.8 Å². The molecule has 1 fully saturated rings. The van der Waals surface area contributed by atoms with Crippen molar-refractivity contribution in [1.82, 2.24) is 15.3 Å². The Bertz CT molecular complexity index is 550. The van der Waals surface area contributed by atoms with Crippen LogP contribution in [0.25, 0.3) is 0 Å². The van der Waals surface area contributed by atoms with Gasteiger partial charge in [0.05, 0.1) is 23.6 Å². The number of nitrogens with one attached hydrogen (secondary N) is 2. The van der Waals surface area contributed by atoms with Gasteiger partial charge < -0.3 is 16.4 Å². The van der Waals surface area contributed by atoms with E-state index in [2.05, 4.69) is 20.6 Å². The number of nitrogens with two attached hydrogens (primary N) is 1. The molecule has 3 rings (SSSR count). The Morgan fingerprint density at radius 3 is 3.05 bits per heavy atom. The SMILES string of the molecule is NCC1C[C@@H](c2cnc3c(n2)NC(=O)CS3)C(=O)N1. The van der Waals surface area contributed by atoms with E-state index in [1.54, 1.807) is 6.20 Å². The number of nitrogens with zero attached hydrogens (tertiary/aromatic N) is 2. The van der Waals surface area contributed by atoms with Crippen LogP contribution in [0.2, 0.25) is 0 Å². The Labute approximate surface area is 113 Å². The Morgan fingerprint density at radius 2 is 2.32 bits per heavy atom. The Hall–Kier alpha value is -1.67. The van der Waals surface area contributed by atoms with Crippen LogP contribution in [0.3, 0.4) is 0 Å². The van der Waals surface area contributed by atoms with Gasteiger partial charge in [-0.25, -0.2) is 9.97 Å². The summed E-state index contributed by atoms with van der Waals surface area (Å²) in [4.78, 5) is 31.8. The van der Waals surface area contributed by atoms with Crippen LogP contribution in [0.4, 0.5) is 5.82 Å². The number of carbonyl (C=O) groups excluding carboxylic acids is 2. The highest BCUT2D eigenvalue weighted by atomic mass is 32.2. The van der Waals surface area contributed by atoms with Gasteiger partial charge >= 0.3 is 0 Å². The van der Waals surface area contributed by atoms with Crippen molar-refractivity contribution in [3.8, 4) is 0 Å². The zero-order valence-electron chi connectivity index (χ0n) is 10.0. The van der Waals surface area contributed by atoms with E-state index in [-0.39, 0.29) is 23.8 Å². The molecule has 0 spiro atoms. The number of anilines is 1. The molecule has 0 bridgehead atoms. The molecule has 0 saturated carbocycles. The smallest absolute Gasteiger partial charge is 0.236 e. The second-order valence-corrected chi connectivity index (χ2v) is 5.48. The van der Waals surface area contributed by atoms with Crippen LogP contribution in [0.1, 0.15) is 18.0 Å². The summed E-state index contributed by atoms with van der Waals surface area (Å²) in [5.41, 5.74) is 6.13. The first-order chi connectivity index (χ1) is 9.17. The molecule has 7 nitrogen and oxygen atoms in total. The van der Waals surface area contributed by atoms with Crippen LogP contribution < -0.4 is 16.4 Å². The quantitative estimate of drug-likeness (QED) is 0.670. The Morgan fingerprint density at radius 1 is 1.47 bits per heavy atom. The standard InChI is InChI=1S/C11H13N5O2S/c12-2-5-1-6(10(18)14-5)7-3-13-11-9(15-7)16-8(17)4-19-11/h3,5-6H,1-2,4,12H2,(H,14,18)(H,15,16,17)/t5?,6-/m0/s1. The monoisotopic (exact) mass is 279 g/mol. The number of fused-ring (bicyclic) bond motifs is 1. The minimum atomic E-state index is -0.338. The Balaban J connectivity index is 1.88. The molecule has 4 N–H and O–H groups in total. The summed E-state index contributed by atoms with van der Waals surface area (Å²) >= 11 is 1.35. The summed E-state index contributed by atoms with van der Waals surface area (Å²) in [5, 5.41) is 6.18. The summed E-state index contributed by atoms with van der Waals surface area (Å²) in [7, 11) is 0. The highest BCUT2D eigenvalue weighted by molar-refractivity contribution is 8.00. The van der Waals surface area contributed by atoms with E-state index in [4.69, 9.17) is 5.73 Å². The van der Waals surface area contributed by atoms with Crippen LogP contribution in [-0.4, -0.2) is 40.1 Å². The first-order valence-electron chi connectivity index (χ1n) is 5.97. The average Bonchev–Trinajstić information content (AvgIpc) is 2.79. The molecule has 1 aromatic heterocycles. The van der Waals surface area contributed by atoms with Crippen molar-refractivity contribution in [3.05, 3.63) is 11.9 Å². The number of hydrogen-bond acceptors (Lipinski definition) is 6. The third-order valence-electron chi connectivity index (χ3n) is 3.18. The fourth-order valence-corrected chi connectivity index (χ4v) is 2.91. The molecular weight excluding hydrogens is 266 g/mol. The number of amides is 2. The lowest BCUT2D eigenvalue weighted by Crippen LogP contribution is -2.32. The summed E-state index contributed by atoms with van der Waals surface area (Å²) in [5.74, 6) is 0.275. The fourth-order valence-electron chi connectivity index (χ4n) is 2.21. The fraction of sp³-hybridized carbons (Fsp3) is 0.455. The second-order valence-electron chi connectivity index (χ2n) is 4.51. The minimum Gasteiger partial charge on any atom is -0.351 e. The molecule has 0 radical (unpaired) electrons. The molecule has 2 atom stereocenters. The van der Waals surface area contributed by atoms with Gasteiger partial charge in [0.25, 0.3) is 0 Å². The molecule has 2 aliphatic rings. The minimum absolute atomic E-state index is 0.0145. The molecule has 1 saturated heterocycles. The van der Waals surface area contributed by atoms with Crippen molar-refractivity contribution in [2.45, 2.75) is 23.4 Å². The van der Waals surface area contributed by atoms with Crippen molar-refractivity contribution in [2.24, 2.45) is 5.73 Å². The molecule has 2 amide bonds. The van der Waals surface area contributed by atoms with Gasteiger partial charge in [0, 0.05) is 12.6 Å². The van der Waals surface area contributed by atoms with Gasteiger partial charge in [-0.3, -0.25) is 9.59 Å². The van der Waals surface area contributed by atoms with E-state index >= 15 is 0 Å². The van der Waals surface area contributed by atoms with Gasteiger partial charge in [-0.05, 0) is 6.42 Å². The molecule has 3 heterocycles. The predicted octanol–water partition coefficient (Wildman–Crippen LogP) is -0.548. The maximum Gasteiger partial charge on any atom is 0.236 e. The van der Waals surface area contributed by atoms with Crippen molar-refractivity contribution in [1.29, 1.82) is 0 Å². The normalized spacial score (nSPS) is 25.7. The molecule has 2 aliphatic heterocycles. The van der Waals surface area contributed by atoms with Crippen molar-refractivity contribution < 1.29 is 9.59 Å². The number of rotatable bonds is 2. The highest BCUT2D eigenvalue weighted by Crippen LogP contribution is 2.31. The average molecular weight is 279 g/mol. The topological polar surface area (TPSA) is 110 Å².